The van der Waals surface area contributed by atoms with E-state index in [1.54, 1.807) is 18.2 Å². The summed E-state index contributed by atoms with van der Waals surface area (Å²) in [6.07, 6.45) is -0.643. The third kappa shape index (κ3) is 5.77. The first-order valence-corrected chi connectivity index (χ1v) is 11.3. The lowest BCUT2D eigenvalue weighted by molar-refractivity contribution is -0.387. The van der Waals surface area contributed by atoms with Crippen molar-refractivity contribution in [1.82, 2.24) is 0 Å². The molecule has 0 heterocycles. The Morgan fingerprint density at radius 1 is 1.03 bits per heavy atom. The number of anilines is 1. The highest BCUT2D eigenvalue weighted by atomic mass is 32.2. The molecular formula is C22H17FN2O7S. The highest BCUT2D eigenvalue weighted by molar-refractivity contribution is 7.90. The fraction of sp³-hybridized carbons (Fsp3) is 0.0909. The van der Waals surface area contributed by atoms with Gasteiger partial charge in [0.1, 0.15) is 10.7 Å². The standard InChI is InChI=1S/C22H17FN2O7S/c1-33(30,31)19-12-7-15(13-18(19)25(28)29)22(27)32-20(14-5-3-2-4-6-14)21(26)24-17-10-8-16(23)9-11-17/h2-13,20H,1H3,(H,24,26)/t20-/m0/s1. The monoisotopic (exact) mass is 472 g/mol. The first-order valence-electron chi connectivity index (χ1n) is 9.37. The molecule has 0 aliphatic rings. The van der Waals surface area contributed by atoms with Crippen LogP contribution in [-0.4, -0.2) is 31.5 Å². The fourth-order valence-electron chi connectivity index (χ4n) is 2.92. The number of nitrogens with one attached hydrogen (secondary N) is 1. The molecular weight excluding hydrogens is 455 g/mol. The van der Waals surface area contributed by atoms with Crippen LogP contribution in [0.4, 0.5) is 15.8 Å². The Hall–Kier alpha value is -4.12. The summed E-state index contributed by atoms with van der Waals surface area (Å²) in [4.78, 5) is 35.4. The Bertz CT molecular complexity index is 1310. The molecule has 0 saturated carbocycles. The van der Waals surface area contributed by atoms with E-state index in [1.807, 2.05) is 0 Å². The molecule has 1 atom stereocenters. The maximum Gasteiger partial charge on any atom is 0.339 e. The number of hydrogen-bond acceptors (Lipinski definition) is 7. The molecule has 170 valence electrons. The lowest BCUT2D eigenvalue weighted by atomic mass is 10.1. The van der Waals surface area contributed by atoms with Gasteiger partial charge in [-0.1, -0.05) is 30.3 Å². The predicted molar refractivity (Wildman–Crippen MR) is 116 cm³/mol. The van der Waals surface area contributed by atoms with E-state index < -0.39 is 49.1 Å². The molecule has 0 saturated heterocycles. The van der Waals surface area contributed by atoms with Gasteiger partial charge in [0.15, 0.2) is 9.84 Å². The van der Waals surface area contributed by atoms with Crippen molar-refractivity contribution in [2.24, 2.45) is 0 Å². The molecule has 0 bridgehead atoms. The first-order chi connectivity index (χ1) is 15.6. The SMILES string of the molecule is CS(=O)(=O)c1ccc(C(=O)O[C@H](C(=O)Nc2ccc(F)cc2)c2ccccc2)cc1[N+](=O)[O-]. The minimum atomic E-state index is -3.92. The number of nitro benzene ring substituents is 1. The van der Waals surface area contributed by atoms with Crippen molar-refractivity contribution in [3.63, 3.8) is 0 Å². The molecule has 0 unspecified atom stereocenters. The molecule has 0 aliphatic carbocycles. The number of benzene rings is 3. The third-order valence-corrected chi connectivity index (χ3v) is 5.61. The van der Waals surface area contributed by atoms with Crippen LogP contribution < -0.4 is 5.32 Å². The van der Waals surface area contributed by atoms with E-state index in [1.165, 1.54) is 24.3 Å². The molecule has 3 aromatic rings. The summed E-state index contributed by atoms with van der Waals surface area (Å²) >= 11 is 0. The second-order valence-corrected chi connectivity index (χ2v) is 8.89. The number of carbonyl (C=O) groups excluding carboxylic acids is 2. The van der Waals surface area contributed by atoms with Gasteiger partial charge in [-0.15, -0.1) is 0 Å². The molecule has 3 rings (SSSR count). The van der Waals surface area contributed by atoms with E-state index in [0.717, 1.165) is 36.6 Å². The minimum absolute atomic E-state index is 0.256. The van der Waals surface area contributed by atoms with Crippen molar-refractivity contribution in [2.45, 2.75) is 11.0 Å². The van der Waals surface area contributed by atoms with Gasteiger partial charge in [-0.25, -0.2) is 17.6 Å². The second kappa shape index (κ2) is 9.57. The minimum Gasteiger partial charge on any atom is -0.444 e. The van der Waals surface area contributed by atoms with Crippen molar-refractivity contribution >= 4 is 33.1 Å². The fourth-order valence-corrected chi connectivity index (χ4v) is 3.75. The summed E-state index contributed by atoms with van der Waals surface area (Å²) < 4.78 is 42.1. The van der Waals surface area contributed by atoms with Crippen LogP contribution in [0.25, 0.3) is 0 Å². The van der Waals surface area contributed by atoms with Crippen LogP contribution in [0.1, 0.15) is 22.0 Å². The quantitative estimate of drug-likeness (QED) is 0.315. The van der Waals surface area contributed by atoms with E-state index in [2.05, 4.69) is 5.32 Å². The Labute approximate surface area is 187 Å². The number of nitro groups is 1. The van der Waals surface area contributed by atoms with E-state index in [4.69, 9.17) is 4.74 Å². The largest absolute Gasteiger partial charge is 0.444 e. The van der Waals surface area contributed by atoms with Crippen LogP contribution in [0.15, 0.2) is 77.7 Å². The maximum absolute atomic E-state index is 13.1. The molecule has 33 heavy (non-hydrogen) atoms. The van der Waals surface area contributed by atoms with Gasteiger partial charge in [0, 0.05) is 23.6 Å². The van der Waals surface area contributed by atoms with Crippen LogP contribution in [0.2, 0.25) is 0 Å². The lowest BCUT2D eigenvalue weighted by Crippen LogP contribution is -2.26. The van der Waals surface area contributed by atoms with E-state index in [0.29, 0.717) is 5.56 Å². The van der Waals surface area contributed by atoms with Gasteiger partial charge in [0.05, 0.1) is 10.5 Å². The van der Waals surface area contributed by atoms with E-state index >= 15 is 0 Å². The number of ether oxygens (including phenoxy) is 1. The van der Waals surface area contributed by atoms with Crippen molar-refractivity contribution in [2.75, 3.05) is 11.6 Å². The smallest absolute Gasteiger partial charge is 0.339 e. The number of esters is 1. The Balaban J connectivity index is 1.92. The normalized spacial score (nSPS) is 11.9. The summed E-state index contributed by atoms with van der Waals surface area (Å²) in [5, 5.41) is 13.8. The van der Waals surface area contributed by atoms with Gasteiger partial charge in [0.25, 0.3) is 11.6 Å². The number of rotatable bonds is 7. The predicted octanol–water partition coefficient (Wildman–Crippen LogP) is 3.67. The van der Waals surface area contributed by atoms with Crippen LogP contribution in [0, 0.1) is 15.9 Å². The summed E-state index contributed by atoms with van der Waals surface area (Å²) in [6, 6.07) is 15.7. The molecule has 9 nitrogen and oxygen atoms in total. The van der Waals surface area contributed by atoms with Crippen molar-refractivity contribution in [1.29, 1.82) is 0 Å². The lowest BCUT2D eigenvalue weighted by Gasteiger charge is -2.18. The van der Waals surface area contributed by atoms with Gasteiger partial charge in [-0.2, -0.15) is 0 Å². The number of amides is 1. The van der Waals surface area contributed by atoms with Crippen LogP contribution in [0.3, 0.4) is 0 Å². The number of hydrogen-bond donors (Lipinski definition) is 1. The average Bonchev–Trinajstić information content (AvgIpc) is 2.78. The maximum atomic E-state index is 13.1. The highest BCUT2D eigenvalue weighted by Gasteiger charge is 2.28. The zero-order chi connectivity index (χ0) is 24.2. The van der Waals surface area contributed by atoms with Gasteiger partial charge in [0.2, 0.25) is 6.10 Å². The molecule has 11 heteroatoms. The van der Waals surface area contributed by atoms with Gasteiger partial charge in [-0.3, -0.25) is 14.9 Å². The van der Waals surface area contributed by atoms with Gasteiger partial charge >= 0.3 is 5.97 Å². The third-order valence-electron chi connectivity index (χ3n) is 4.47. The number of halogens is 1. The Morgan fingerprint density at radius 3 is 2.24 bits per heavy atom. The van der Waals surface area contributed by atoms with E-state index in [-0.39, 0.29) is 11.3 Å². The molecule has 0 aliphatic heterocycles. The zero-order valence-electron chi connectivity index (χ0n) is 17.1. The first kappa shape index (κ1) is 23.5. The average molecular weight is 472 g/mol. The van der Waals surface area contributed by atoms with Gasteiger partial charge in [-0.05, 0) is 36.4 Å². The van der Waals surface area contributed by atoms with Crippen molar-refractivity contribution in [3.8, 4) is 0 Å². The Kier molecular flexibility index (Phi) is 6.83. The molecule has 1 N–H and O–H groups in total. The van der Waals surface area contributed by atoms with Crippen LogP contribution in [-0.2, 0) is 19.4 Å². The van der Waals surface area contributed by atoms with Crippen molar-refractivity contribution in [3.05, 3.63) is 99.9 Å². The summed E-state index contributed by atoms with van der Waals surface area (Å²) in [5.41, 5.74) is -0.539. The van der Waals surface area contributed by atoms with Crippen LogP contribution in [0.5, 0.6) is 0 Å². The molecule has 0 aromatic heterocycles. The summed E-state index contributed by atoms with van der Waals surface area (Å²) in [7, 11) is -3.92. The number of nitrogens with zero attached hydrogens (tertiary/aromatic N) is 1. The highest BCUT2D eigenvalue weighted by Crippen LogP contribution is 2.27. The molecule has 1 amide bonds. The van der Waals surface area contributed by atoms with E-state index in [9.17, 15) is 32.5 Å². The van der Waals surface area contributed by atoms with Crippen molar-refractivity contribution < 1.29 is 32.1 Å². The number of sulfone groups is 1. The molecule has 0 fully saturated rings. The topological polar surface area (TPSA) is 133 Å². The van der Waals surface area contributed by atoms with Crippen LogP contribution >= 0.6 is 0 Å². The van der Waals surface area contributed by atoms with Gasteiger partial charge < -0.3 is 10.1 Å². The molecule has 3 aromatic carbocycles. The second-order valence-electron chi connectivity index (χ2n) is 6.90. The summed E-state index contributed by atoms with van der Waals surface area (Å²) in [5.74, 6) is -2.33. The summed E-state index contributed by atoms with van der Waals surface area (Å²) in [6.45, 7) is 0. The molecule has 0 radical (unpaired) electrons. The Morgan fingerprint density at radius 2 is 1.67 bits per heavy atom. The number of carbonyl (C=O) groups is 2. The zero-order valence-corrected chi connectivity index (χ0v) is 17.9. The molecule has 0 spiro atoms.